The van der Waals surface area contributed by atoms with Gasteiger partial charge in [0.15, 0.2) is 0 Å². The van der Waals surface area contributed by atoms with E-state index >= 15 is 0 Å². The van der Waals surface area contributed by atoms with Gasteiger partial charge in [-0.2, -0.15) is 0 Å². The number of anilines is 1. The summed E-state index contributed by atoms with van der Waals surface area (Å²) in [4.78, 5) is 0. The maximum absolute atomic E-state index is 11.2. The molecule has 72 valence electrons. The number of halogens is 2. The number of hydrogen-bond acceptors (Lipinski definition) is 1. The van der Waals surface area contributed by atoms with E-state index in [1.54, 1.807) is 12.1 Å². The fourth-order valence-electron chi connectivity index (χ4n) is 0.771. The topological polar surface area (TPSA) is 29.1 Å². The normalized spacial score (nSPS) is 12.5. The van der Waals surface area contributed by atoms with Crippen molar-refractivity contribution in [2.24, 2.45) is 0 Å². The second-order valence-electron chi connectivity index (χ2n) is 2.36. The first-order valence-corrected chi connectivity index (χ1v) is 6.22. The minimum Gasteiger partial charge on any atom is -0.304 e. The molecular formula is C8H9BrClNOS. The molecule has 1 N–H and O–H groups in total. The Labute approximate surface area is 93.4 Å². The molecule has 0 aromatic heterocycles. The summed E-state index contributed by atoms with van der Waals surface area (Å²) in [6, 6.07) is 5.32. The van der Waals surface area contributed by atoms with E-state index in [0.717, 1.165) is 10.2 Å². The molecule has 0 radical (unpaired) electrons. The molecular weight excluding hydrogens is 274 g/mol. The van der Waals surface area contributed by atoms with Crippen molar-refractivity contribution in [1.82, 2.24) is 0 Å². The highest BCUT2D eigenvalue weighted by Gasteiger charge is 2.02. The molecule has 1 unspecified atom stereocenters. The van der Waals surface area contributed by atoms with Crippen LogP contribution in [0.25, 0.3) is 0 Å². The third-order valence-corrected chi connectivity index (χ3v) is 3.31. The van der Waals surface area contributed by atoms with Gasteiger partial charge in [0.25, 0.3) is 0 Å². The van der Waals surface area contributed by atoms with Crippen LogP contribution >= 0.6 is 27.5 Å². The molecule has 0 aliphatic heterocycles. The van der Waals surface area contributed by atoms with Gasteiger partial charge in [-0.05, 0) is 34.1 Å². The molecule has 0 saturated carbocycles. The van der Waals surface area contributed by atoms with Crippen molar-refractivity contribution < 1.29 is 4.21 Å². The van der Waals surface area contributed by atoms with Gasteiger partial charge in [0.1, 0.15) is 11.0 Å². The quantitative estimate of drug-likeness (QED) is 0.906. The van der Waals surface area contributed by atoms with Crippen LogP contribution in [0.5, 0.6) is 0 Å². The molecule has 0 fully saturated rings. The average Bonchev–Trinajstić information content (AvgIpc) is 2.11. The van der Waals surface area contributed by atoms with Crippen molar-refractivity contribution in [3.63, 3.8) is 0 Å². The summed E-state index contributed by atoms with van der Waals surface area (Å²) < 4.78 is 14.9. The van der Waals surface area contributed by atoms with Gasteiger partial charge in [-0.15, -0.1) is 0 Å². The van der Waals surface area contributed by atoms with Crippen LogP contribution in [-0.2, 0) is 11.0 Å². The van der Waals surface area contributed by atoms with Crippen LogP contribution in [0.3, 0.4) is 0 Å². The van der Waals surface area contributed by atoms with Gasteiger partial charge in [0, 0.05) is 15.2 Å². The Bertz CT molecular complexity index is 332. The molecule has 1 atom stereocenters. The number of rotatable bonds is 3. The van der Waals surface area contributed by atoms with Crippen molar-refractivity contribution in [3.05, 3.63) is 27.7 Å². The summed E-state index contributed by atoms with van der Waals surface area (Å²) in [5.41, 5.74) is 0.757. The summed E-state index contributed by atoms with van der Waals surface area (Å²) in [6.07, 6.45) is 0. The molecule has 0 aliphatic carbocycles. The Balaban J connectivity index is 2.87. The Morgan fingerprint density at radius 3 is 2.92 bits per heavy atom. The van der Waals surface area contributed by atoms with E-state index in [1.165, 1.54) is 0 Å². The minimum absolute atomic E-state index is 0.568. The Morgan fingerprint density at radius 1 is 1.62 bits per heavy atom. The van der Waals surface area contributed by atoms with Gasteiger partial charge in [0.05, 0.1) is 5.69 Å². The molecule has 2 nitrogen and oxygen atoms in total. The highest BCUT2D eigenvalue weighted by molar-refractivity contribution is 9.10. The summed E-state index contributed by atoms with van der Waals surface area (Å²) in [7, 11) is -1.04. The molecule has 1 rings (SSSR count). The molecule has 13 heavy (non-hydrogen) atoms. The van der Waals surface area contributed by atoms with E-state index in [4.69, 9.17) is 11.6 Å². The summed E-state index contributed by atoms with van der Waals surface area (Å²) in [5, 5.41) is 0.624. The number of hydrogen-bond donors (Lipinski definition) is 1. The second kappa shape index (κ2) is 4.98. The highest BCUT2D eigenvalue weighted by atomic mass is 79.9. The summed E-state index contributed by atoms with van der Waals surface area (Å²) >= 11 is 9.12. The SMILES string of the molecule is CCS(=O)Nc1cc(Cl)ccc1Br. The average molecular weight is 283 g/mol. The molecule has 0 aliphatic rings. The van der Waals surface area contributed by atoms with Gasteiger partial charge in [0.2, 0.25) is 0 Å². The maximum atomic E-state index is 11.2. The molecule has 0 saturated heterocycles. The second-order valence-corrected chi connectivity index (χ2v) is 5.12. The van der Waals surface area contributed by atoms with Crippen molar-refractivity contribution in [1.29, 1.82) is 0 Å². The van der Waals surface area contributed by atoms with Crippen LogP contribution in [0.4, 0.5) is 5.69 Å². The monoisotopic (exact) mass is 281 g/mol. The Hall–Kier alpha value is -0.0600. The zero-order valence-electron chi connectivity index (χ0n) is 7.01. The van der Waals surface area contributed by atoms with E-state index in [1.807, 2.05) is 13.0 Å². The van der Waals surface area contributed by atoms with Crippen LogP contribution in [0.2, 0.25) is 5.02 Å². The smallest absolute Gasteiger partial charge is 0.116 e. The maximum Gasteiger partial charge on any atom is 0.116 e. The first kappa shape index (κ1) is 11.0. The highest BCUT2D eigenvalue weighted by Crippen LogP contribution is 2.26. The Morgan fingerprint density at radius 2 is 2.31 bits per heavy atom. The fraction of sp³-hybridized carbons (Fsp3) is 0.250. The van der Waals surface area contributed by atoms with Crippen molar-refractivity contribution >= 4 is 44.2 Å². The van der Waals surface area contributed by atoms with Crippen molar-refractivity contribution in [3.8, 4) is 0 Å². The zero-order valence-corrected chi connectivity index (χ0v) is 10.2. The molecule has 5 heteroatoms. The van der Waals surface area contributed by atoms with E-state index in [-0.39, 0.29) is 0 Å². The third-order valence-electron chi connectivity index (χ3n) is 1.41. The van der Waals surface area contributed by atoms with Crippen LogP contribution in [-0.4, -0.2) is 9.96 Å². The summed E-state index contributed by atoms with van der Waals surface area (Å²) in [6.45, 7) is 1.85. The van der Waals surface area contributed by atoms with Crippen LogP contribution in [0.15, 0.2) is 22.7 Å². The first-order chi connectivity index (χ1) is 6.13. The van der Waals surface area contributed by atoms with Crippen molar-refractivity contribution in [2.75, 3.05) is 10.5 Å². The number of nitrogens with one attached hydrogen (secondary N) is 1. The predicted molar refractivity (Wildman–Crippen MR) is 61.5 cm³/mol. The zero-order chi connectivity index (χ0) is 9.84. The largest absolute Gasteiger partial charge is 0.304 e. The van der Waals surface area contributed by atoms with Crippen molar-refractivity contribution in [2.45, 2.75) is 6.92 Å². The van der Waals surface area contributed by atoms with Gasteiger partial charge in [-0.1, -0.05) is 18.5 Å². The summed E-state index contributed by atoms with van der Waals surface area (Å²) in [5.74, 6) is 0.568. The van der Waals surface area contributed by atoms with E-state index < -0.39 is 11.0 Å². The Kier molecular flexibility index (Phi) is 4.22. The minimum atomic E-state index is -1.04. The molecule has 1 aromatic carbocycles. The van der Waals surface area contributed by atoms with Crippen LogP contribution in [0, 0.1) is 0 Å². The molecule has 0 spiro atoms. The van der Waals surface area contributed by atoms with Gasteiger partial charge in [-0.3, -0.25) is 0 Å². The lowest BCUT2D eigenvalue weighted by Gasteiger charge is -2.06. The van der Waals surface area contributed by atoms with Crippen LogP contribution < -0.4 is 4.72 Å². The van der Waals surface area contributed by atoms with Gasteiger partial charge >= 0.3 is 0 Å². The predicted octanol–water partition coefficient (Wildman–Crippen LogP) is 3.20. The standard InChI is InChI=1S/C8H9BrClNOS/c1-2-13(12)11-8-5-6(10)3-4-7(8)9/h3-5,11H,2H2,1H3. The molecule has 0 heterocycles. The fourth-order valence-corrected chi connectivity index (χ4v) is 1.98. The first-order valence-electron chi connectivity index (χ1n) is 3.73. The van der Waals surface area contributed by atoms with E-state index in [0.29, 0.717) is 10.8 Å². The lowest BCUT2D eigenvalue weighted by molar-refractivity contribution is 0.687. The molecule has 0 amide bonds. The van der Waals surface area contributed by atoms with Gasteiger partial charge in [-0.25, -0.2) is 4.21 Å². The van der Waals surface area contributed by atoms with Crippen LogP contribution in [0.1, 0.15) is 6.92 Å². The van der Waals surface area contributed by atoms with E-state index in [2.05, 4.69) is 20.7 Å². The molecule has 1 aromatic rings. The van der Waals surface area contributed by atoms with E-state index in [9.17, 15) is 4.21 Å². The number of benzene rings is 1. The lowest BCUT2D eigenvalue weighted by atomic mass is 10.3. The third kappa shape index (κ3) is 3.29. The lowest BCUT2D eigenvalue weighted by Crippen LogP contribution is -2.06. The molecule has 0 bridgehead atoms. The van der Waals surface area contributed by atoms with Gasteiger partial charge < -0.3 is 4.72 Å².